The fraction of sp³-hybridized carbons (Fsp3) is 0.391. The second-order valence-electron chi connectivity index (χ2n) is 7.60. The molecule has 2 amide bonds. The summed E-state index contributed by atoms with van der Waals surface area (Å²) in [5.74, 6) is -0.125. The van der Waals surface area contributed by atoms with Crippen LogP contribution < -0.4 is 5.32 Å². The Labute approximate surface area is 171 Å². The van der Waals surface area contributed by atoms with E-state index in [-0.39, 0.29) is 17.7 Å². The van der Waals surface area contributed by atoms with E-state index in [0.29, 0.717) is 31.6 Å². The van der Waals surface area contributed by atoms with E-state index in [4.69, 9.17) is 11.6 Å². The molecule has 148 valence electrons. The molecule has 4 nitrogen and oxygen atoms in total. The number of benzene rings is 2. The van der Waals surface area contributed by atoms with E-state index in [1.807, 2.05) is 55.1 Å². The molecule has 1 aliphatic rings. The summed E-state index contributed by atoms with van der Waals surface area (Å²) in [4.78, 5) is 27.3. The SMILES string of the molecule is Cc1cc(C)cc(C(=O)N2CCC[C@H](C(=O)NCCc3ccccc3Cl)C2)c1. The summed E-state index contributed by atoms with van der Waals surface area (Å²) in [5.41, 5.74) is 3.89. The number of piperidine rings is 1. The van der Waals surface area contributed by atoms with Crippen LogP contribution in [0, 0.1) is 19.8 Å². The van der Waals surface area contributed by atoms with Crippen molar-refractivity contribution in [1.82, 2.24) is 10.2 Å². The fourth-order valence-electron chi connectivity index (χ4n) is 3.82. The predicted molar refractivity (Wildman–Crippen MR) is 113 cm³/mol. The zero-order valence-corrected chi connectivity index (χ0v) is 17.3. The third-order valence-electron chi connectivity index (χ3n) is 5.20. The van der Waals surface area contributed by atoms with Crippen molar-refractivity contribution >= 4 is 23.4 Å². The molecular weight excluding hydrogens is 372 g/mol. The lowest BCUT2D eigenvalue weighted by molar-refractivity contribution is -0.126. The molecule has 0 aliphatic carbocycles. The molecule has 1 atom stereocenters. The van der Waals surface area contributed by atoms with Gasteiger partial charge in [-0.1, -0.05) is 47.0 Å². The van der Waals surface area contributed by atoms with E-state index in [0.717, 1.165) is 34.6 Å². The van der Waals surface area contributed by atoms with Gasteiger partial charge >= 0.3 is 0 Å². The maximum absolute atomic E-state index is 12.9. The van der Waals surface area contributed by atoms with Crippen LogP contribution in [0.4, 0.5) is 0 Å². The summed E-state index contributed by atoms with van der Waals surface area (Å²) in [6, 6.07) is 13.6. The van der Waals surface area contributed by atoms with E-state index in [1.165, 1.54) is 0 Å². The van der Waals surface area contributed by atoms with Crippen LogP contribution >= 0.6 is 11.6 Å². The van der Waals surface area contributed by atoms with Gasteiger partial charge in [-0.3, -0.25) is 9.59 Å². The largest absolute Gasteiger partial charge is 0.355 e. The molecular formula is C23H27ClN2O2. The minimum atomic E-state index is -0.158. The Morgan fingerprint density at radius 3 is 2.57 bits per heavy atom. The summed E-state index contributed by atoms with van der Waals surface area (Å²) in [6.45, 7) is 5.72. The molecule has 0 spiro atoms. The Morgan fingerprint density at radius 1 is 1.14 bits per heavy atom. The van der Waals surface area contributed by atoms with Crippen molar-refractivity contribution in [2.24, 2.45) is 5.92 Å². The topological polar surface area (TPSA) is 49.4 Å². The first-order chi connectivity index (χ1) is 13.4. The van der Waals surface area contributed by atoms with E-state index < -0.39 is 0 Å². The number of nitrogens with zero attached hydrogens (tertiary/aromatic N) is 1. The molecule has 3 rings (SSSR count). The third-order valence-corrected chi connectivity index (χ3v) is 5.57. The standard InChI is InChI=1S/C23H27ClN2O2/c1-16-12-17(2)14-20(13-16)23(28)26-11-5-7-19(15-26)22(27)25-10-9-18-6-3-4-8-21(18)24/h3-4,6,8,12-14,19H,5,7,9-11,15H2,1-2H3,(H,25,27)/t19-/m0/s1. The molecule has 5 heteroatoms. The summed E-state index contributed by atoms with van der Waals surface area (Å²) in [5, 5.41) is 3.73. The van der Waals surface area contributed by atoms with Gasteiger partial charge < -0.3 is 10.2 Å². The molecule has 28 heavy (non-hydrogen) atoms. The number of amides is 2. The van der Waals surface area contributed by atoms with Crippen LogP contribution in [-0.4, -0.2) is 36.3 Å². The summed E-state index contributed by atoms with van der Waals surface area (Å²) in [6.07, 6.45) is 2.36. The van der Waals surface area contributed by atoms with Gasteiger partial charge in [0.25, 0.3) is 5.91 Å². The van der Waals surface area contributed by atoms with Gasteiger partial charge in [-0.15, -0.1) is 0 Å². The fourth-order valence-corrected chi connectivity index (χ4v) is 4.05. The van der Waals surface area contributed by atoms with Crippen molar-refractivity contribution in [2.75, 3.05) is 19.6 Å². The Morgan fingerprint density at radius 2 is 1.86 bits per heavy atom. The number of halogens is 1. The maximum atomic E-state index is 12.9. The van der Waals surface area contributed by atoms with Gasteiger partial charge in [0.05, 0.1) is 5.92 Å². The minimum Gasteiger partial charge on any atom is -0.355 e. The zero-order valence-electron chi connectivity index (χ0n) is 16.5. The molecule has 1 N–H and O–H groups in total. The van der Waals surface area contributed by atoms with Crippen molar-refractivity contribution in [1.29, 1.82) is 0 Å². The smallest absolute Gasteiger partial charge is 0.253 e. The van der Waals surface area contributed by atoms with Crippen LogP contribution in [-0.2, 0) is 11.2 Å². The second-order valence-corrected chi connectivity index (χ2v) is 8.01. The van der Waals surface area contributed by atoms with Gasteiger partial charge in [-0.05, 0) is 56.9 Å². The highest BCUT2D eigenvalue weighted by molar-refractivity contribution is 6.31. The molecule has 0 saturated carbocycles. The van der Waals surface area contributed by atoms with Gasteiger partial charge in [0, 0.05) is 30.2 Å². The van der Waals surface area contributed by atoms with Gasteiger partial charge in [0.2, 0.25) is 5.91 Å². The van der Waals surface area contributed by atoms with E-state index in [1.54, 1.807) is 0 Å². The van der Waals surface area contributed by atoms with Crippen LogP contribution in [0.15, 0.2) is 42.5 Å². The molecule has 0 unspecified atom stereocenters. The highest BCUT2D eigenvalue weighted by atomic mass is 35.5. The number of rotatable bonds is 5. The molecule has 1 aliphatic heterocycles. The number of hydrogen-bond acceptors (Lipinski definition) is 2. The van der Waals surface area contributed by atoms with Gasteiger partial charge in [-0.25, -0.2) is 0 Å². The van der Waals surface area contributed by atoms with Gasteiger partial charge in [0.15, 0.2) is 0 Å². The van der Waals surface area contributed by atoms with Crippen LogP contribution in [0.2, 0.25) is 5.02 Å². The van der Waals surface area contributed by atoms with Crippen LogP contribution in [0.1, 0.15) is 39.9 Å². The monoisotopic (exact) mass is 398 g/mol. The molecule has 0 aromatic heterocycles. The van der Waals surface area contributed by atoms with Crippen molar-refractivity contribution in [2.45, 2.75) is 33.1 Å². The van der Waals surface area contributed by atoms with Gasteiger partial charge in [-0.2, -0.15) is 0 Å². The number of hydrogen-bond donors (Lipinski definition) is 1. The first-order valence-corrected chi connectivity index (χ1v) is 10.2. The number of carbonyl (C=O) groups is 2. The molecule has 1 heterocycles. The number of carbonyl (C=O) groups excluding carboxylic acids is 2. The molecule has 0 radical (unpaired) electrons. The number of likely N-dealkylation sites (tertiary alicyclic amines) is 1. The van der Waals surface area contributed by atoms with E-state index >= 15 is 0 Å². The lowest BCUT2D eigenvalue weighted by Gasteiger charge is -2.32. The normalized spacial score (nSPS) is 16.7. The van der Waals surface area contributed by atoms with Crippen molar-refractivity contribution in [3.63, 3.8) is 0 Å². The number of nitrogens with one attached hydrogen (secondary N) is 1. The lowest BCUT2D eigenvalue weighted by atomic mass is 9.96. The number of aryl methyl sites for hydroxylation is 2. The van der Waals surface area contributed by atoms with E-state index in [9.17, 15) is 9.59 Å². The Bertz CT molecular complexity index is 845. The highest BCUT2D eigenvalue weighted by Crippen LogP contribution is 2.20. The Balaban J connectivity index is 1.55. The highest BCUT2D eigenvalue weighted by Gasteiger charge is 2.28. The molecule has 0 bridgehead atoms. The van der Waals surface area contributed by atoms with Crippen molar-refractivity contribution < 1.29 is 9.59 Å². The lowest BCUT2D eigenvalue weighted by Crippen LogP contribution is -2.45. The Kier molecular flexibility index (Phi) is 6.74. The molecule has 2 aromatic rings. The predicted octanol–water partition coefficient (Wildman–Crippen LogP) is 4.17. The average Bonchev–Trinajstić information content (AvgIpc) is 2.68. The van der Waals surface area contributed by atoms with Gasteiger partial charge in [0.1, 0.15) is 0 Å². The minimum absolute atomic E-state index is 0.0142. The van der Waals surface area contributed by atoms with Crippen molar-refractivity contribution in [3.8, 4) is 0 Å². The third kappa shape index (κ3) is 5.14. The quantitative estimate of drug-likeness (QED) is 0.821. The van der Waals surface area contributed by atoms with Crippen LogP contribution in [0.25, 0.3) is 0 Å². The molecule has 1 fully saturated rings. The summed E-state index contributed by atoms with van der Waals surface area (Å²) < 4.78 is 0. The average molecular weight is 399 g/mol. The van der Waals surface area contributed by atoms with Crippen LogP contribution in [0.3, 0.4) is 0 Å². The first-order valence-electron chi connectivity index (χ1n) is 9.82. The maximum Gasteiger partial charge on any atom is 0.253 e. The molecule has 2 aromatic carbocycles. The Hall–Kier alpha value is -2.33. The first kappa shape index (κ1) is 20.4. The molecule has 1 saturated heterocycles. The zero-order chi connectivity index (χ0) is 20.1. The second kappa shape index (κ2) is 9.24. The summed E-state index contributed by atoms with van der Waals surface area (Å²) in [7, 11) is 0. The van der Waals surface area contributed by atoms with Crippen molar-refractivity contribution in [3.05, 3.63) is 69.7 Å². The van der Waals surface area contributed by atoms with E-state index in [2.05, 4.69) is 11.4 Å². The van der Waals surface area contributed by atoms with Crippen LogP contribution in [0.5, 0.6) is 0 Å². The summed E-state index contributed by atoms with van der Waals surface area (Å²) >= 11 is 6.17.